The van der Waals surface area contributed by atoms with Crippen LogP contribution in [0.3, 0.4) is 0 Å². The minimum atomic E-state index is -0.363. The van der Waals surface area contributed by atoms with E-state index in [9.17, 15) is 4.79 Å². The minimum Gasteiger partial charge on any atom is -0.491 e. The van der Waals surface area contributed by atoms with Crippen molar-refractivity contribution >= 4 is 11.6 Å². The molecule has 0 spiro atoms. The number of nitrogens with one attached hydrogen (secondary N) is 2. The molecule has 4 N–H and O–H groups in total. The first-order valence-corrected chi connectivity index (χ1v) is 6.11. The third-order valence-electron chi connectivity index (χ3n) is 2.64. The summed E-state index contributed by atoms with van der Waals surface area (Å²) in [5.74, 6) is 0.358. The molecule has 0 bridgehead atoms. The average Bonchev–Trinajstić information content (AvgIpc) is 2.90. The van der Waals surface area contributed by atoms with Crippen LogP contribution in [0.1, 0.15) is 12.0 Å². The lowest BCUT2D eigenvalue weighted by Gasteiger charge is -2.12. The van der Waals surface area contributed by atoms with Crippen molar-refractivity contribution in [2.24, 2.45) is 5.73 Å². The third-order valence-corrected chi connectivity index (χ3v) is 2.64. The zero-order chi connectivity index (χ0) is 13.5. The van der Waals surface area contributed by atoms with Crippen molar-refractivity contribution in [3.8, 4) is 5.75 Å². The number of para-hydroxylation sites is 2. The van der Waals surface area contributed by atoms with Crippen LogP contribution in [0.4, 0.5) is 5.69 Å². The van der Waals surface area contributed by atoms with Gasteiger partial charge in [-0.1, -0.05) is 12.1 Å². The maximum atomic E-state index is 10.7. The van der Waals surface area contributed by atoms with Crippen molar-refractivity contribution in [2.45, 2.75) is 13.0 Å². The molecule has 0 saturated heterocycles. The van der Waals surface area contributed by atoms with Crippen molar-refractivity contribution < 1.29 is 9.53 Å². The summed E-state index contributed by atoms with van der Waals surface area (Å²) in [5.41, 5.74) is 7.14. The number of rotatable bonds is 7. The Morgan fingerprint density at radius 1 is 1.32 bits per heavy atom. The van der Waals surface area contributed by atoms with E-state index >= 15 is 0 Å². The number of ether oxygens (including phenoxy) is 1. The molecule has 19 heavy (non-hydrogen) atoms. The van der Waals surface area contributed by atoms with Gasteiger partial charge in [-0.05, 0) is 23.8 Å². The maximum Gasteiger partial charge on any atom is 0.220 e. The van der Waals surface area contributed by atoms with Crippen LogP contribution in [0.15, 0.2) is 42.7 Å². The van der Waals surface area contributed by atoms with Crippen LogP contribution in [0.5, 0.6) is 5.75 Å². The lowest BCUT2D eigenvalue weighted by molar-refractivity contribution is -0.118. The Kier molecular flexibility index (Phi) is 4.44. The minimum absolute atomic E-state index is 0.214. The van der Waals surface area contributed by atoms with Gasteiger partial charge in [0.25, 0.3) is 0 Å². The Labute approximate surface area is 111 Å². The number of nitrogens with two attached hydrogens (primary N) is 1. The number of carbonyl (C=O) groups is 1. The molecule has 0 unspecified atom stereocenters. The molecular formula is C14H17N3O2. The number of hydrogen-bond donors (Lipinski definition) is 3. The van der Waals surface area contributed by atoms with Gasteiger partial charge in [-0.3, -0.25) is 4.79 Å². The van der Waals surface area contributed by atoms with Gasteiger partial charge in [0.15, 0.2) is 0 Å². The molecule has 1 heterocycles. The SMILES string of the molecule is NC(=O)CCOc1ccccc1NCc1cc[nH]c1. The number of benzene rings is 1. The number of amides is 1. The molecule has 0 radical (unpaired) electrons. The predicted octanol–water partition coefficient (Wildman–Crippen LogP) is 1.88. The molecular weight excluding hydrogens is 242 g/mol. The second-order valence-corrected chi connectivity index (χ2v) is 4.13. The van der Waals surface area contributed by atoms with Gasteiger partial charge in [-0.25, -0.2) is 0 Å². The summed E-state index contributed by atoms with van der Waals surface area (Å²) in [7, 11) is 0. The van der Waals surface area contributed by atoms with Gasteiger partial charge in [0.2, 0.25) is 5.91 Å². The van der Waals surface area contributed by atoms with Crippen LogP contribution >= 0.6 is 0 Å². The number of aromatic nitrogens is 1. The number of primary amides is 1. The van der Waals surface area contributed by atoms with E-state index in [0.717, 1.165) is 17.0 Å². The highest BCUT2D eigenvalue weighted by molar-refractivity contribution is 5.73. The van der Waals surface area contributed by atoms with E-state index in [0.29, 0.717) is 6.54 Å². The highest BCUT2D eigenvalue weighted by atomic mass is 16.5. The summed E-state index contributed by atoms with van der Waals surface area (Å²) in [6.45, 7) is 0.998. The summed E-state index contributed by atoms with van der Waals surface area (Å²) in [4.78, 5) is 13.7. The highest BCUT2D eigenvalue weighted by Crippen LogP contribution is 2.24. The number of anilines is 1. The average molecular weight is 259 g/mol. The van der Waals surface area contributed by atoms with E-state index in [-0.39, 0.29) is 18.9 Å². The topological polar surface area (TPSA) is 80.1 Å². The second-order valence-electron chi connectivity index (χ2n) is 4.13. The molecule has 0 aliphatic rings. The predicted molar refractivity (Wildman–Crippen MR) is 73.9 cm³/mol. The molecule has 100 valence electrons. The fraction of sp³-hybridized carbons (Fsp3) is 0.214. The van der Waals surface area contributed by atoms with Crippen molar-refractivity contribution in [3.05, 3.63) is 48.3 Å². The fourth-order valence-corrected chi connectivity index (χ4v) is 1.67. The maximum absolute atomic E-state index is 10.7. The Balaban J connectivity index is 1.93. The highest BCUT2D eigenvalue weighted by Gasteiger charge is 2.03. The zero-order valence-electron chi connectivity index (χ0n) is 10.6. The van der Waals surface area contributed by atoms with Crippen LogP contribution in [-0.4, -0.2) is 17.5 Å². The van der Waals surface area contributed by atoms with Crippen LogP contribution in [0, 0.1) is 0 Å². The van der Waals surface area contributed by atoms with Crippen LogP contribution in [0.25, 0.3) is 0 Å². The first kappa shape index (κ1) is 13.0. The molecule has 0 atom stereocenters. The quantitative estimate of drug-likeness (QED) is 0.710. The molecule has 0 fully saturated rings. The van der Waals surface area contributed by atoms with E-state index in [2.05, 4.69) is 10.3 Å². The third kappa shape index (κ3) is 4.06. The number of carbonyl (C=O) groups excluding carboxylic acids is 1. The molecule has 2 aromatic rings. The molecule has 1 aromatic heterocycles. The summed E-state index contributed by atoms with van der Waals surface area (Å²) < 4.78 is 5.55. The standard InChI is InChI=1S/C14H17N3O2/c15-14(18)6-8-19-13-4-2-1-3-12(13)17-10-11-5-7-16-9-11/h1-5,7,9,16-17H,6,8,10H2,(H2,15,18). The molecule has 0 saturated carbocycles. The van der Waals surface area contributed by atoms with E-state index in [1.807, 2.05) is 42.7 Å². The summed E-state index contributed by atoms with van der Waals surface area (Å²) >= 11 is 0. The first-order valence-electron chi connectivity index (χ1n) is 6.11. The van der Waals surface area contributed by atoms with Gasteiger partial charge in [0.1, 0.15) is 5.75 Å². The lowest BCUT2D eigenvalue weighted by Crippen LogP contribution is -2.15. The van der Waals surface area contributed by atoms with Gasteiger partial charge >= 0.3 is 0 Å². The lowest BCUT2D eigenvalue weighted by atomic mass is 10.2. The van der Waals surface area contributed by atoms with Gasteiger partial charge in [0, 0.05) is 18.9 Å². The van der Waals surface area contributed by atoms with E-state index in [4.69, 9.17) is 10.5 Å². The molecule has 5 heteroatoms. The molecule has 1 aromatic carbocycles. The number of aromatic amines is 1. The van der Waals surface area contributed by atoms with Gasteiger partial charge in [-0.2, -0.15) is 0 Å². The van der Waals surface area contributed by atoms with Gasteiger partial charge < -0.3 is 20.8 Å². The van der Waals surface area contributed by atoms with Crippen LogP contribution < -0.4 is 15.8 Å². The van der Waals surface area contributed by atoms with Crippen molar-refractivity contribution in [2.75, 3.05) is 11.9 Å². The molecule has 0 aliphatic heterocycles. The van der Waals surface area contributed by atoms with E-state index in [1.165, 1.54) is 0 Å². The molecule has 2 rings (SSSR count). The normalized spacial score (nSPS) is 10.1. The summed E-state index contributed by atoms with van der Waals surface area (Å²) in [6.07, 6.45) is 4.03. The van der Waals surface area contributed by atoms with Crippen molar-refractivity contribution in [1.82, 2.24) is 4.98 Å². The first-order chi connectivity index (χ1) is 9.25. The summed E-state index contributed by atoms with van der Waals surface area (Å²) in [6, 6.07) is 9.62. The van der Waals surface area contributed by atoms with Crippen molar-refractivity contribution in [3.63, 3.8) is 0 Å². The monoisotopic (exact) mass is 259 g/mol. The van der Waals surface area contributed by atoms with Crippen LogP contribution in [0.2, 0.25) is 0 Å². The molecule has 1 amide bonds. The summed E-state index contributed by atoms with van der Waals surface area (Å²) in [5, 5.41) is 3.29. The molecule has 5 nitrogen and oxygen atoms in total. The van der Waals surface area contributed by atoms with Gasteiger partial charge in [-0.15, -0.1) is 0 Å². The smallest absolute Gasteiger partial charge is 0.220 e. The Hall–Kier alpha value is -2.43. The largest absolute Gasteiger partial charge is 0.491 e. The number of H-pyrrole nitrogens is 1. The second kappa shape index (κ2) is 6.49. The van der Waals surface area contributed by atoms with Crippen molar-refractivity contribution in [1.29, 1.82) is 0 Å². The molecule has 0 aliphatic carbocycles. The number of hydrogen-bond acceptors (Lipinski definition) is 3. The van der Waals surface area contributed by atoms with E-state index in [1.54, 1.807) is 0 Å². The Morgan fingerprint density at radius 3 is 2.89 bits per heavy atom. The zero-order valence-corrected chi connectivity index (χ0v) is 10.6. The fourth-order valence-electron chi connectivity index (χ4n) is 1.67. The van der Waals surface area contributed by atoms with Gasteiger partial charge in [0.05, 0.1) is 18.7 Å². The van der Waals surface area contributed by atoms with E-state index < -0.39 is 0 Å². The van der Waals surface area contributed by atoms with Crippen LogP contribution in [-0.2, 0) is 11.3 Å². The Morgan fingerprint density at radius 2 is 2.16 bits per heavy atom. The Bertz CT molecular complexity index is 523.